The van der Waals surface area contributed by atoms with Gasteiger partial charge in [-0.3, -0.25) is 4.79 Å². The van der Waals surface area contributed by atoms with Crippen LogP contribution in [0.4, 0.5) is 0 Å². The number of aliphatic hydroxyl groups excluding tert-OH is 1. The molecule has 7 heavy (non-hydrogen) atoms. The van der Waals surface area contributed by atoms with E-state index in [0.717, 1.165) is 0 Å². The molecule has 0 rings (SSSR count). The standard InChI is InChI=1S/C3H8BNO2/c1-2(6)3(7)5-4/h2,6H,4H2,1H3,(H,5,7). The maximum Gasteiger partial charge on any atom is 0.236 e. The van der Waals surface area contributed by atoms with Crippen molar-refractivity contribution in [1.29, 1.82) is 0 Å². The van der Waals surface area contributed by atoms with E-state index in [9.17, 15) is 4.79 Å². The van der Waals surface area contributed by atoms with E-state index in [2.05, 4.69) is 5.23 Å². The van der Waals surface area contributed by atoms with Gasteiger partial charge in [0.2, 0.25) is 13.9 Å². The number of aliphatic hydroxyl groups is 1. The molecule has 0 bridgehead atoms. The van der Waals surface area contributed by atoms with Gasteiger partial charge in [0, 0.05) is 0 Å². The lowest BCUT2D eigenvalue weighted by molar-refractivity contribution is -0.126. The van der Waals surface area contributed by atoms with Crippen molar-refractivity contribution in [3.05, 3.63) is 0 Å². The highest BCUT2D eigenvalue weighted by Crippen LogP contribution is 1.73. The third-order valence-corrected chi connectivity index (χ3v) is 0.626. The minimum Gasteiger partial charge on any atom is -0.404 e. The summed E-state index contributed by atoms with van der Waals surface area (Å²) in [6.45, 7) is 1.42. The van der Waals surface area contributed by atoms with Crippen molar-refractivity contribution in [1.82, 2.24) is 5.23 Å². The van der Waals surface area contributed by atoms with Crippen LogP contribution in [0, 0.1) is 0 Å². The van der Waals surface area contributed by atoms with E-state index in [4.69, 9.17) is 5.11 Å². The molecule has 0 aliphatic heterocycles. The zero-order valence-electron chi connectivity index (χ0n) is 4.43. The number of amides is 1. The molecule has 0 aliphatic rings. The highest BCUT2D eigenvalue weighted by atomic mass is 16.3. The van der Waals surface area contributed by atoms with Gasteiger partial charge in [-0.1, -0.05) is 0 Å². The van der Waals surface area contributed by atoms with Gasteiger partial charge in [0.1, 0.15) is 6.10 Å². The molecule has 4 heteroatoms. The lowest BCUT2D eigenvalue weighted by Crippen LogP contribution is -2.30. The highest BCUT2D eigenvalue weighted by molar-refractivity contribution is 6.14. The Balaban J connectivity index is 3.35. The summed E-state index contributed by atoms with van der Waals surface area (Å²) in [5, 5.41) is 10.7. The SMILES string of the molecule is BNC(=O)C(C)O. The molecule has 1 atom stereocenters. The molecule has 1 unspecified atom stereocenters. The summed E-state index contributed by atoms with van der Waals surface area (Å²) >= 11 is 0. The quantitative estimate of drug-likeness (QED) is 0.376. The number of rotatable bonds is 1. The molecule has 2 N–H and O–H groups in total. The lowest BCUT2D eigenvalue weighted by atomic mass is 10.3. The fourth-order valence-corrected chi connectivity index (χ4v) is 0.209. The lowest BCUT2D eigenvalue weighted by Gasteiger charge is -1.98. The van der Waals surface area contributed by atoms with Gasteiger partial charge in [0.15, 0.2) is 0 Å². The Morgan fingerprint density at radius 2 is 2.43 bits per heavy atom. The smallest absolute Gasteiger partial charge is 0.236 e. The number of hydrogen-bond donors (Lipinski definition) is 2. The number of nitrogens with one attached hydrogen (secondary N) is 1. The van der Waals surface area contributed by atoms with Crippen LogP contribution in [0.5, 0.6) is 0 Å². The van der Waals surface area contributed by atoms with E-state index in [1.165, 1.54) is 14.9 Å². The third-order valence-electron chi connectivity index (χ3n) is 0.626. The summed E-state index contributed by atoms with van der Waals surface area (Å²) in [6.07, 6.45) is -0.884. The van der Waals surface area contributed by atoms with Crippen molar-refractivity contribution >= 4 is 13.9 Å². The van der Waals surface area contributed by atoms with E-state index in [-0.39, 0.29) is 5.91 Å². The number of carbonyl (C=O) groups is 1. The molecule has 0 aliphatic carbocycles. The first-order valence-electron chi connectivity index (χ1n) is 2.08. The van der Waals surface area contributed by atoms with Gasteiger partial charge >= 0.3 is 0 Å². The average Bonchev–Trinajstić information content (AvgIpc) is 1.65. The van der Waals surface area contributed by atoms with Crippen LogP contribution < -0.4 is 5.23 Å². The molecular formula is C3H8BNO2. The largest absolute Gasteiger partial charge is 0.404 e. The van der Waals surface area contributed by atoms with Crippen molar-refractivity contribution in [2.75, 3.05) is 0 Å². The molecule has 0 heterocycles. The van der Waals surface area contributed by atoms with E-state index in [1.54, 1.807) is 0 Å². The van der Waals surface area contributed by atoms with Gasteiger partial charge < -0.3 is 10.3 Å². The van der Waals surface area contributed by atoms with Gasteiger partial charge in [-0.25, -0.2) is 0 Å². The zero-order chi connectivity index (χ0) is 5.86. The van der Waals surface area contributed by atoms with Gasteiger partial charge in [-0.2, -0.15) is 0 Å². The van der Waals surface area contributed by atoms with Crippen LogP contribution in [-0.2, 0) is 4.79 Å². The second-order valence-electron chi connectivity index (χ2n) is 1.29. The first-order valence-corrected chi connectivity index (χ1v) is 2.08. The van der Waals surface area contributed by atoms with Crippen molar-refractivity contribution in [3.8, 4) is 0 Å². The maximum absolute atomic E-state index is 10.2. The second-order valence-corrected chi connectivity index (χ2v) is 1.29. The van der Waals surface area contributed by atoms with Crippen LogP contribution in [0.3, 0.4) is 0 Å². The molecule has 0 aromatic carbocycles. The monoisotopic (exact) mass is 101 g/mol. The molecule has 0 saturated heterocycles. The number of hydrogen-bond acceptors (Lipinski definition) is 2. The second kappa shape index (κ2) is 2.63. The summed E-state index contributed by atoms with van der Waals surface area (Å²) in [6, 6.07) is 0. The Kier molecular flexibility index (Phi) is 2.44. The minimum atomic E-state index is -0.884. The Morgan fingerprint density at radius 3 is 2.43 bits per heavy atom. The van der Waals surface area contributed by atoms with Gasteiger partial charge in [0.05, 0.1) is 0 Å². The van der Waals surface area contributed by atoms with Crippen molar-refractivity contribution in [3.63, 3.8) is 0 Å². The fraction of sp³-hybridized carbons (Fsp3) is 0.667. The maximum atomic E-state index is 10.2. The van der Waals surface area contributed by atoms with Gasteiger partial charge in [0.25, 0.3) is 0 Å². The summed E-state index contributed by atoms with van der Waals surface area (Å²) in [4.78, 5) is 10.2. The first kappa shape index (κ1) is 6.49. The Bertz CT molecular complexity index is 73.3. The third kappa shape index (κ3) is 2.22. The fourth-order valence-electron chi connectivity index (χ4n) is 0.209. The van der Waals surface area contributed by atoms with E-state index >= 15 is 0 Å². The van der Waals surface area contributed by atoms with Crippen molar-refractivity contribution in [2.45, 2.75) is 13.0 Å². The number of carbonyl (C=O) groups excluding carboxylic acids is 1. The molecule has 0 saturated carbocycles. The summed E-state index contributed by atoms with van der Waals surface area (Å²) in [5.41, 5.74) is 0. The zero-order valence-corrected chi connectivity index (χ0v) is 4.43. The van der Waals surface area contributed by atoms with Crippen molar-refractivity contribution < 1.29 is 9.90 Å². The van der Waals surface area contributed by atoms with Gasteiger partial charge in [-0.05, 0) is 6.92 Å². The Hall–Kier alpha value is -0.505. The van der Waals surface area contributed by atoms with Crippen LogP contribution in [-0.4, -0.2) is 25.1 Å². The molecule has 1 amide bonds. The predicted molar refractivity (Wildman–Crippen MR) is 28.4 cm³/mol. The summed E-state index contributed by atoms with van der Waals surface area (Å²) in [5.74, 6) is -0.347. The molecule has 0 fully saturated rings. The van der Waals surface area contributed by atoms with E-state index in [1.807, 2.05) is 0 Å². The first-order chi connectivity index (χ1) is 3.18. The Labute approximate surface area is 43.1 Å². The van der Waals surface area contributed by atoms with E-state index in [0.29, 0.717) is 0 Å². The molecule has 3 nitrogen and oxygen atoms in total. The van der Waals surface area contributed by atoms with Crippen LogP contribution in [0.1, 0.15) is 6.92 Å². The minimum absolute atomic E-state index is 0.347. The van der Waals surface area contributed by atoms with Crippen molar-refractivity contribution in [2.24, 2.45) is 0 Å². The Morgan fingerprint density at radius 1 is 2.00 bits per heavy atom. The molecule has 0 aromatic rings. The van der Waals surface area contributed by atoms with E-state index < -0.39 is 6.10 Å². The topological polar surface area (TPSA) is 49.3 Å². The highest BCUT2D eigenvalue weighted by Gasteiger charge is 2.02. The molecule has 0 spiro atoms. The summed E-state index contributed by atoms with van der Waals surface area (Å²) < 4.78 is 0. The molecular weight excluding hydrogens is 92.8 g/mol. The molecule has 0 aromatic heterocycles. The van der Waals surface area contributed by atoms with Crippen LogP contribution in [0.25, 0.3) is 0 Å². The average molecular weight is 101 g/mol. The van der Waals surface area contributed by atoms with Crippen LogP contribution in [0.15, 0.2) is 0 Å². The molecule has 40 valence electrons. The predicted octanol–water partition coefficient (Wildman–Crippen LogP) is -1.97. The van der Waals surface area contributed by atoms with Crippen LogP contribution >= 0.6 is 0 Å². The summed E-state index contributed by atoms with van der Waals surface area (Å²) in [7, 11) is 1.48. The molecule has 0 radical (unpaired) electrons. The normalized spacial score (nSPS) is 12.9. The van der Waals surface area contributed by atoms with Gasteiger partial charge in [-0.15, -0.1) is 0 Å². The van der Waals surface area contributed by atoms with Crippen LogP contribution in [0.2, 0.25) is 0 Å².